The number of nitrogens with one attached hydrogen (secondary N) is 1. The van der Waals surface area contributed by atoms with Gasteiger partial charge in [-0.25, -0.2) is 18.4 Å². The van der Waals surface area contributed by atoms with Crippen LogP contribution in [0.25, 0.3) is 11.1 Å². The lowest BCUT2D eigenvalue weighted by Gasteiger charge is -2.17. The third-order valence-corrected chi connectivity index (χ3v) is 4.93. The molecule has 180 valence electrons. The molecule has 2 heterocycles. The zero-order chi connectivity index (χ0) is 24.9. The largest absolute Gasteiger partial charge is 0.493 e. The van der Waals surface area contributed by atoms with Gasteiger partial charge < -0.3 is 19.4 Å². The van der Waals surface area contributed by atoms with Gasteiger partial charge in [0.25, 0.3) is 5.56 Å². The van der Waals surface area contributed by atoms with Crippen LogP contribution in [0, 0.1) is 11.6 Å². The smallest absolute Gasteiger partial charge is 0.254 e. The minimum atomic E-state index is -0.883. The second-order valence-corrected chi connectivity index (χ2v) is 7.46. The zero-order valence-electron chi connectivity index (χ0n) is 18.9. The van der Waals surface area contributed by atoms with Crippen molar-refractivity contribution in [1.29, 1.82) is 0 Å². The lowest BCUT2D eigenvalue weighted by Crippen LogP contribution is -2.19. The molecule has 2 aromatic carbocycles. The number of nitrogens with zero attached hydrogens (tertiary/aromatic N) is 4. The highest BCUT2D eigenvalue weighted by Gasteiger charge is 2.18. The van der Waals surface area contributed by atoms with E-state index in [0.717, 1.165) is 6.07 Å². The first-order valence-electron chi connectivity index (χ1n) is 10.6. The molecule has 0 spiro atoms. The van der Waals surface area contributed by atoms with Crippen LogP contribution in [0.1, 0.15) is 6.92 Å². The molecule has 0 atom stereocenters. The predicted octanol–water partition coefficient (Wildman–Crippen LogP) is 3.75. The molecule has 4 aromatic rings. The van der Waals surface area contributed by atoms with Gasteiger partial charge in [-0.15, -0.1) is 0 Å². The van der Waals surface area contributed by atoms with Crippen LogP contribution < -0.4 is 20.3 Å². The second kappa shape index (κ2) is 10.2. The minimum Gasteiger partial charge on any atom is -0.493 e. The number of halogens is 2. The highest BCUT2D eigenvalue weighted by Crippen LogP contribution is 2.40. The van der Waals surface area contributed by atoms with E-state index in [1.54, 1.807) is 32.3 Å². The number of anilines is 1. The van der Waals surface area contributed by atoms with Crippen LogP contribution in [0.4, 0.5) is 14.5 Å². The summed E-state index contributed by atoms with van der Waals surface area (Å²) in [6, 6.07) is 9.01. The quantitative estimate of drug-likeness (QED) is 0.412. The van der Waals surface area contributed by atoms with Crippen molar-refractivity contribution >= 4 is 11.6 Å². The van der Waals surface area contributed by atoms with E-state index in [-0.39, 0.29) is 41.9 Å². The Bertz CT molecular complexity index is 1420. The molecule has 1 N–H and O–H groups in total. The number of ether oxygens (including phenoxy) is 2. The number of pyridine rings is 1. The summed E-state index contributed by atoms with van der Waals surface area (Å²) in [4.78, 5) is 28.5. The number of benzene rings is 2. The number of aromatic nitrogens is 4. The molecular weight excluding hydrogens is 460 g/mol. The zero-order valence-corrected chi connectivity index (χ0v) is 18.9. The number of rotatable bonds is 8. The molecule has 0 radical (unpaired) electrons. The summed E-state index contributed by atoms with van der Waals surface area (Å²) < 4.78 is 41.8. The first-order chi connectivity index (χ1) is 16.8. The SMILES string of the molecule is CCOc1cc(=O)n(C)cc1-c1cc(NC(=O)Cn2cncn2)ccc1Oc1ccc(F)cc1F. The first kappa shape index (κ1) is 23.6. The van der Waals surface area contributed by atoms with Gasteiger partial charge >= 0.3 is 0 Å². The van der Waals surface area contributed by atoms with E-state index in [1.165, 1.54) is 40.1 Å². The fraction of sp³-hybridized carbons (Fsp3) is 0.167. The Hall–Kier alpha value is -4.54. The average molecular weight is 481 g/mol. The van der Waals surface area contributed by atoms with Crippen molar-refractivity contribution in [3.8, 4) is 28.4 Å². The van der Waals surface area contributed by atoms with Crippen molar-refractivity contribution < 1.29 is 23.0 Å². The number of hydrogen-bond acceptors (Lipinski definition) is 6. The molecule has 0 saturated carbocycles. The third-order valence-electron chi connectivity index (χ3n) is 4.93. The molecule has 0 aliphatic heterocycles. The van der Waals surface area contributed by atoms with Gasteiger partial charge in [0, 0.05) is 42.2 Å². The number of aryl methyl sites for hydroxylation is 1. The Morgan fingerprint density at radius 3 is 2.57 bits per heavy atom. The van der Waals surface area contributed by atoms with Gasteiger partial charge in [0.1, 0.15) is 36.5 Å². The van der Waals surface area contributed by atoms with Crippen LogP contribution in [0.15, 0.2) is 66.1 Å². The highest BCUT2D eigenvalue weighted by atomic mass is 19.1. The maximum atomic E-state index is 14.3. The molecule has 2 aromatic heterocycles. The molecule has 0 fully saturated rings. The summed E-state index contributed by atoms with van der Waals surface area (Å²) >= 11 is 0. The molecule has 9 nitrogen and oxygen atoms in total. The molecule has 4 rings (SSSR count). The Morgan fingerprint density at radius 1 is 1.06 bits per heavy atom. The van der Waals surface area contributed by atoms with Gasteiger partial charge in [0.2, 0.25) is 5.91 Å². The summed E-state index contributed by atoms with van der Waals surface area (Å²) in [5.74, 6) is -1.69. The van der Waals surface area contributed by atoms with Gasteiger partial charge in [0.05, 0.1) is 6.61 Å². The van der Waals surface area contributed by atoms with Crippen molar-refractivity contribution in [3.05, 3.63) is 83.3 Å². The maximum absolute atomic E-state index is 14.3. The highest BCUT2D eigenvalue weighted by molar-refractivity contribution is 5.92. The summed E-state index contributed by atoms with van der Waals surface area (Å²) in [5, 5.41) is 6.66. The van der Waals surface area contributed by atoms with E-state index in [1.807, 2.05) is 0 Å². The van der Waals surface area contributed by atoms with Gasteiger partial charge in [0.15, 0.2) is 11.6 Å². The monoisotopic (exact) mass is 481 g/mol. The van der Waals surface area contributed by atoms with E-state index >= 15 is 0 Å². The number of carbonyl (C=O) groups is 1. The average Bonchev–Trinajstić information content (AvgIpc) is 3.32. The molecule has 0 unspecified atom stereocenters. The van der Waals surface area contributed by atoms with Crippen molar-refractivity contribution in [2.45, 2.75) is 13.5 Å². The molecule has 35 heavy (non-hydrogen) atoms. The predicted molar refractivity (Wildman–Crippen MR) is 123 cm³/mol. The number of carbonyl (C=O) groups excluding carboxylic acids is 1. The molecular formula is C24H21F2N5O4. The van der Waals surface area contributed by atoms with E-state index < -0.39 is 11.6 Å². The standard InChI is InChI=1S/C24H21F2N5O4/c1-3-34-22-10-24(33)30(2)11-18(22)17-9-16(29-23(32)12-31-14-27-13-28-31)5-7-20(17)35-21-6-4-15(25)8-19(21)26/h4-11,13-14H,3,12H2,1-2H3,(H,29,32). The first-order valence-corrected chi connectivity index (χ1v) is 10.6. The van der Waals surface area contributed by atoms with E-state index in [2.05, 4.69) is 15.4 Å². The van der Waals surface area contributed by atoms with Crippen LogP contribution >= 0.6 is 0 Å². The van der Waals surface area contributed by atoms with Crippen LogP contribution in [-0.2, 0) is 18.4 Å². The summed E-state index contributed by atoms with van der Waals surface area (Å²) in [6.45, 7) is 2.00. The molecule has 0 bridgehead atoms. The molecule has 0 aliphatic rings. The van der Waals surface area contributed by atoms with Crippen LogP contribution in [-0.4, -0.2) is 31.8 Å². The van der Waals surface area contributed by atoms with Gasteiger partial charge in [-0.1, -0.05) is 0 Å². The van der Waals surface area contributed by atoms with Crippen LogP contribution in [0.3, 0.4) is 0 Å². The maximum Gasteiger partial charge on any atom is 0.254 e. The molecule has 1 amide bonds. The molecule has 0 aliphatic carbocycles. The Labute approximate surface area is 198 Å². The third kappa shape index (κ3) is 5.52. The normalized spacial score (nSPS) is 10.7. The summed E-state index contributed by atoms with van der Waals surface area (Å²) in [5.41, 5.74) is 1.00. The van der Waals surface area contributed by atoms with Crippen molar-refractivity contribution in [3.63, 3.8) is 0 Å². The van der Waals surface area contributed by atoms with Crippen molar-refractivity contribution in [1.82, 2.24) is 19.3 Å². The van der Waals surface area contributed by atoms with Crippen molar-refractivity contribution in [2.75, 3.05) is 11.9 Å². The van der Waals surface area contributed by atoms with Gasteiger partial charge in [-0.3, -0.25) is 9.59 Å². The number of hydrogen-bond donors (Lipinski definition) is 1. The summed E-state index contributed by atoms with van der Waals surface area (Å²) in [7, 11) is 1.57. The van der Waals surface area contributed by atoms with Crippen LogP contribution in [0.2, 0.25) is 0 Å². The summed E-state index contributed by atoms with van der Waals surface area (Å²) in [6.07, 6.45) is 4.29. The molecule has 0 saturated heterocycles. The van der Waals surface area contributed by atoms with Crippen molar-refractivity contribution in [2.24, 2.45) is 7.05 Å². The van der Waals surface area contributed by atoms with Crippen LogP contribution in [0.5, 0.6) is 17.2 Å². The second-order valence-electron chi connectivity index (χ2n) is 7.46. The van der Waals surface area contributed by atoms with Gasteiger partial charge in [-0.2, -0.15) is 5.10 Å². The fourth-order valence-electron chi connectivity index (χ4n) is 3.34. The number of amides is 1. The lowest BCUT2D eigenvalue weighted by molar-refractivity contribution is -0.116. The van der Waals surface area contributed by atoms with E-state index in [4.69, 9.17) is 9.47 Å². The molecule has 11 heteroatoms. The van der Waals surface area contributed by atoms with E-state index in [9.17, 15) is 18.4 Å². The minimum absolute atomic E-state index is 0.0571. The van der Waals surface area contributed by atoms with E-state index in [0.29, 0.717) is 22.9 Å². The Morgan fingerprint density at radius 2 is 1.86 bits per heavy atom. The Balaban J connectivity index is 1.77. The Kier molecular flexibility index (Phi) is 6.86. The lowest BCUT2D eigenvalue weighted by atomic mass is 10.0. The fourth-order valence-corrected chi connectivity index (χ4v) is 3.34. The topological polar surface area (TPSA) is 100 Å². The van der Waals surface area contributed by atoms with Gasteiger partial charge in [-0.05, 0) is 37.3 Å².